The normalized spacial score (nSPS) is 9.70. The summed E-state index contributed by atoms with van der Waals surface area (Å²) in [7, 11) is 0. The van der Waals surface area contributed by atoms with Crippen LogP contribution >= 0.6 is 0 Å². The van der Waals surface area contributed by atoms with Crippen LogP contribution in [0.25, 0.3) is 0 Å². The third kappa shape index (κ3) is 7.04. The quantitative estimate of drug-likeness (QED) is 0.298. The summed E-state index contributed by atoms with van der Waals surface area (Å²) in [5.74, 6) is 0.877. The van der Waals surface area contributed by atoms with Crippen LogP contribution in [0, 0.1) is 13.8 Å². The van der Waals surface area contributed by atoms with Gasteiger partial charge < -0.3 is 37.2 Å². The van der Waals surface area contributed by atoms with E-state index in [9.17, 15) is 0 Å². The van der Waals surface area contributed by atoms with Gasteiger partial charge in [-0.25, -0.2) is 6.07 Å². The first kappa shape index (κ1) is 28.6. The van der Waals surface area contributed by atoms with Gasteiger partial charge >= 0.3 is 21.7 Å². The van der Waals surface area contributed by atoms with E-state index in [4.69, 9.17) is 0 Å². The number of halogens is 3. The molecule has 0 fully saturated rings. The van der Waals surface area contributed by atoms with Crippen molar-refractivity contribution in [2.75, 3.05) is 0 Å². The number of benzene rings is 2. The largest absolute Gasteiger partial charge is 4.00 e. The van der Waals surface area contributed by atoms with Gasteiger partial charge in [0, 0.05) is 0 Å². The third-order valence-electron chi connectivity index (χ3n) is 4.55. The SMILES string of the molecule is Cc1cccc(C(c2cccc(C)c2)[c-]2ccc(C(C)C)c2)c1.[Cl-].[Cl-].[Cl-].[Ti+4]. The second-order valence-corrected chi connectivity index (χ2v) is 6.89. The molecule has 0 bridgehead atoms. The Hall–Kier alpha value is -0.626. The second kappa shape index (κ2) is 12.8. The summed E-state index contributed by atoms with van der Waals surface area (Å²) >= 11 is 0. The number of hydrogen-bond acceptors (Lipinski definition) is 0. The number of aryl methyl sites for hydroxylation is 2. The first-order valence-corrected chi connectivity index (χ1v) is 8.44. The standard InChI is InChI=1S/C23H25.3ClH.Ti/c1-16(2)19-11-12-22(15-19)23(20-9-5-7-17(3)13-20)21-10-6-8-18(4)14-21;;;;/h5-16,23H,1-4H3;3*1H;/q-1;;;;+4/p-3. The van der Waals surface area contributed by atoms with Gasteiger partial charge in [0.2, 0.25) is 0 Å². The van der Waals surface area contributed by atoms with E-state index in [-0.39, 0.29) is 58.9 Å². The fourth-order valence-corrected chi connectivity index (χ4v) is 3.30. The van der Waals surface area contributed by atoms with Gasteiger partial charge in [0.05, 0.1) is 0 Å². The molecule has 0 aromatic heterocycles. The van der Waals surface area contributed by atoms with Crippen molar-refractivity contribution in [1.29, 1.82) is 0 Å². The first-order chi connectivity index (χ1) is 11.0. The van der Waals surface area contributed by atoms with E-state index < -0.39 is 0 Å². The molecule has 3 rings (SSSR count). The summed E-state index contributed by atoms with van der Waals surface area (Å²) in [6.07, 6.45) is 0. The van der Waals surface area contributed by atoms with Gasteiger partial charge in [-0.1, -0.05) is 79.4 Å². The minimum Gasteiger partial charge on any atom is -1.00 e. The van der Waals surface area contributed by atoms with Crippen molar-refractivity contribution in [1.82, 2.24) is 0 Å². The minimum atomic E-state index is 0. The smallest absolute Gasteiger partial charge is 1.00 e. The maximum atomic E-state index is 2.38. The van der Waals surface area contributed by atoms with Crippen LogP contribution in [-0.4, -0.2) is 0 Å². The minimum absolute atomic E-state index is 0. The van der Waals surface area contributed by atoms with Gasteiger partial charge in [0.1, 0.15) is 0 Å². The third-order valence-corrected chi connectivity index (χ3v) is 4.55. The Labute approximate surface area is 197 Å². The molecule has 0 radical (unpaired) electrons. The van der Waals surface area contributed by atoms with Crippen molar-refractivity contribution in [3.8, 4) is 0 Å². The van der Waals surface area contributed by atoms with Gasteiger partial charge in [-0.05, 0) is 30.9 Å². The maximum absolute atomic E-state index is 2.38. The molecule has 3 aromatic rings. The summed E-state index contributed by atoms with van der Waals surface area (Å²) in [6.45, 7) is 8.85. The van der Waals surface area contributed by atoms with Gasteiger partial charge in [-0.15, -0.1) is 5.56 Å². The Morgan fingerprint density at radius 2 is 1.19 bits per heavy atom. The van der Waals surface area contributed by atoms with Crippen molar-refractivity contribution in [3.05, 3.63) is 100 Å². The summed E-state index contributed by atoms with van der Waals surface area (Å²) in [5, 5.41) is 0. The molecule has 0 N–H and O–H groups in total. The average Bonchev–Trinajstić information content (AvgIpc) is 2.97. The monoisotopic (exact) mass is 454 g/mol. The Balaban J connectivity index is 0. The van der Waals surface area contributed by atoms with Crippen LogP contribution in [0.4, 0.5) is 0 Å². The molecule has 0 aliphatic heterocycles. The molecule has 0 heterocycles. The number of hydrogen-bond donors (Lipinski definition) is 0. The van der Waals surface area contributed by atoms with Crippen molar-refractivity contribution in [2.45, 2.75) is 39.5 Å². The molecule has 0 unspecified atom stereocenters. The van der Waals surface area contributed by atoms with E-state index in [1.807, 2.05) is 0 Å². The fourth-order valence-electron chi connectivity index (χ4n) is 3.30. The Bertz CT molecular complexity index is 763. The van der Waals surface area contributed by atoms with E-state index in [0.29, 0.717) is 11.8 Å². The summed E-state index contributed by atoms with van der Waals surface area (Å²) in [4.78, 5) is 0. The second-order valence-electron chi connectivity index (χ2n) is 6.89. The van der Waals surface area contributed by atoms with Crippen LogP contribution in [0.5, 0.6) is 0 Å². The van der Waals surface area contributed by atoms with Crippen molar-refractivity contribution in [2.24, 2.45) is 0 Å². The first-order valence-electron chi connectivity index (χ1n) is 8.44. The summed E-state index contributed by atoms with van der Waals surface area (Å²) in [5.41, 5.74) is 8.19. The summed E-state index contributed by atoms with van der Waals surface area (Å²) in [6, 6.07) is 24.7. The molecule has 0 amide bonds. The zero-order chi connectivity index (χ0) is 16.4. The van der Waals surface area contributed by atoms with Crippen LogP contribution in [0.2, 0.25) is 0 Å². The van der Waals surface area contributed by atoms with Gasteiger partial charge in [0.15, 0.2) is 0 Å². The van der Waals surface area contributed by atoms with Crippen molar-refractivity contribution >= 4 is 0 Å². The molecule has 3 aromatic carbocycles. The fraction of sp³-hybridized carbons (Fsp3) is 0.261. The topological polar surface area (TPSA) is 0 Å². The maximum Gasteiger partial charge on any atom is 4.00 e. The molecule has 0 aliphatic rings. The molecule has 0 aliphatic carbocycles. The predicted octanol–water partition coefficient (Wildman–Crippen LogP) is -2.66. The van der Waals surface area contributed by atoms with Crippen molar-refractivity contribution < 1.29 is 58.9 Å². The zero-order valence-corrected chi connectivity index (χ0v) is 20.0. The molecule has 0 nitrogen and oxygen atoms in total. The van der Waals surface area contributed by atoms with E-state index >= 15 is 0 Å². The molecule has 0 saturated carbocycles. The van der Waals surface area contributed by atoms with Crippen LogP contribution in [-0.2, 0) is 21.7 Å². The Morgan fingerprint density at radius 3 is 1.56 bits per heavy atom. The van der Waals surface area contributed by atoms with Crippen LogP contribution in [0.1, 0.15) is 59.1 Å². The molecular weight excluding hydrogens is 430 g/mol. The van der Waals surface area contributed by atoms with Crippen LogP contribution < -0.4 is 37.2 Å². The molecule has 142 valence electrons. The van der Waals surface area contributed by atoms with Crippen LogP contribution in [0.15, 0.2) is 66.7 Å². The van der Waals surface area contributed by atoms with E-state index in [1.165, 1.54) is 33.4 Å². The Kier molecular flexibility index (Phi) is 13.5. The predicted molar refractivity (Wildman–Crippen MR) is 99.4 cm³/mol. The van der Waals surface area contributed by atoms with Gasteiger partial charge in [-0.2, -0.15) is 17.7 Å². The molecule has 0 saturated heterocycles. The zero-order valence-electron chi connectivity index (χ0n) is 16.1. The molecule has 27 heavy (non-hydrogen) atoms. The molecule has 4 heteroatoms. The van der Waals surface area contributed by atoms with E-state index in [1.54, 1.807) is 0 Å². The average molecular weight is 456 g/mol. The van der Waals surface area contributed by atoms with E-state index in [2.05, 4.69) is 94.4 Å². The molecule has 0 spiro atoms. The van der Waals surface area contributed by atoms with E-state index in [0.717, 1.165) is 0 Å². The van der Waals surface area contributed by atoms with Crippen LogP contribution in [0.3, 0.4) is 0 Å². The van der Waals surface area contributed by atoms with Gasteiger partial charge in [0.25, 0.3) is 0 Å². The Morgan fingerprint density at radius 1 is 0.704 bits per heavy atom. The summed E-state index contributed by atoms with van der Waals surface area (Å²) < 4.78 is 0. The van der Waals surface area contributed by atoms with Gasteiger partial charge in [-0.3, -0.25) is 0 Å². The molecule has 0 atom stereocenters. The van der Waals surface area contributed by atoms with Crippen molar-refractivity contribution in [3.63, 3.8) is 0 Å². The molecular formula is C23H25Cl3Ti. The number of rotatable bonds is 4.